The molecule has 1 heterocycles. The molecule has 7 heteroatoms. The van der Waals surface area contributed by atoms with Crippen LogP contribution in [-0.4, -0.2) is 30.5 Å². The van der Waals surface area contributed by atoms with Crippen molar-refractivity contribution in [3.8, 4) is 0 Å². The highest BCUT2D eigenvalue weighted by atomic mass is 19.2. The van der Waals surface area contributed by atoms with Gasteiger partial charge in [0.25, 0.3) is 5.91 Å². The van der Waals surface area contributed by atoms with E-state index in [1.807, 2.05) is 0 Å². The van der Waals surface area contributed by atoms with Gasteiger partial charge in [-0.05, 0) is 29.8 Å². The number of halogens is 4. The van der Waals surface area contributed by atoms with Crippen molar-refractivity contribution in [1.29, 1.82) is 0 Å². The molecule has 3 nitrogen and oxygen atoms in total. The molecule has 0 aliphatic carbocycles. The standard InChI is InChI=1S/C17H13F4NO2/c18-11-3-1-10(2-4-11)14-9-22(7-8-24-14)17(23)12-5-6-13(19)16(21)15(12)20/h1-6,14H,7-9H2. The summed E-state index contributed by atoms with van der Waals surface area (Å²) in [5.74, 6) is -5.68. The van der Waals surface area contributed by atoms with E-state index in [2.05, 4.69) is 0 Å². The van der Waals surface area contributed by atoms with E-state index in [-0.39, 0.29) is 19.7 Å². The molecule has 1 aliphatic heterocycles. The van der Waals surface area contributed by atoms with Crippen molar-refractivity contribution in [1.82, 2.24) is 4.90 Å². The molecule has 1 amide bonds. The summed E-state index contributed by atoms with van der Waals surface area (Å²) in [7, 11) is 0. The van der Waals surface area contributed by atoms with Crippen LogP contribution in [0.3, 0.4) is 0 Å². The van der Waals surface area contributed by atoms with Gasteiger partial charge in [-0.25, -0.2) is 17.6 Å². The van der Waals surface area contributed by atoms with Crippen LogP contribution in [0.15, 0.2) is 36.4 Å². The lowest BCUT2D eigenvalue weighted by molar-refractivity contribution is -0.0230. The Morgan fingerprint density at radius 1 is 1.00 bits per heavy atom. The van der Waals surface area contributed by atoms with Gasteiger partial charge in [-0.3, -0.25) is 4.79 Å². The Labute approximate surface area is 135 Å². The summed E-state index contributed by atoms with van der Waals surface area (Å²) in [4.78, 5) is 13.7. The fourth-order valence-electron chi connectivity index (χ4n) is 2.57. The Hall–Kier alpha value is -2.41. The number of amides is 1. The average molecular weight is 339 g/mol. The lowest BCUT2D eigenvalue weighted by atomic mass is 10.1. The molecular weight excluding hydrogens is 326 g/mol. The average Bonchev–Trinajstić information content (AvgIpc) is 2.60. The van der Waals surface area contributed by atoms with Gasteiger partial charge in [0.2, 0.25) is 0 Å². The van der Waals surface area contributed by atoms with E-state index < -0.39 is 40.8 Å². The monoisotopic (exact) mass is 339 g/mol. The zero-order valence-corrected chi connectivity index (χ0v) is 12.4. The molecule has 0 bridgehead atoms. The van der Waals surface area contributed by atoms with Gasteiger partial charge in [0, 0.05) is 6.54 Å². The summed E-state index contributed by atoms with van der Waals surface area (Å²) in [6.07, 6.45) is -0.503. The third kappa shape index (κ3) is 3.12. The smallest absolute Gasteiger partial charge is 0.257 e. The van der Waals surface area contributed by atoms with E-state index in [1.165, 1.54) is 29.2 Å². The Balaban J connectivity index is 1.81. The topological polar surface area (TPSA) is 29.5 Å². The molecule has 0 N–H and O–H groups in total. The van der Waals surface area contributed by atoms with Crippen molar-refractivity contribution in [3.05, 3.63) is 70.8 Å². The molecule has 0 aromatic heterocycles. The zero-order chi connectivity index (χ0) is 17.3. The molecule has 1 unspecified atom stereocenters. The number of hydrogen-bond donors (Lipinski definition) is 0. The van der Waals surface area contributed by atoms with Gasteiger partial charge >= 0.3 is 0 Å². The number of carbonyl (C=O) groups excluding carboxylic acids is 1. The van der Waals surface area contributed by atoms with E-state index in [9.17, 15) is 22.4 Å². The maximum absolute atomic E-state index is 13.8. The second-order valence-corrected chi connectivity index (χ2v) is 5.39. The number of nitrogens with zero attached hydrogens (tertiary/aromatic N) is 1. The Bertz CT molecular complexity index is 764. The number of carbonyl (C=O) groups is 1. The highest BCUT2D eigenvalue weighted by Crippen LogP contribution is 2.25. The first-order valence-electron chi connectivity index (χ1n) is 7.27. The summed E-state index contributed by atoms with van der Waals surface area (Å²) in [6, 6.07) is 7.24. The fraction of sp³-hybridized carbons (Fsp3) is 0.235. The number of benzene rings is 2. The molecule has 2 aromatic carbocycles. The first-order chi connectivity index (χ1) is 11.5. The minimum Gasteiger partial charge on any atom is -0.370 e. The maximum Gasteiger partial charge on any atom is 0.257 e. The van der Waals surface area contributed by atoms with Gasteiger partial charge in [0.15, 0.2) is 17.5 Å². The van der Waals surface area contributed by atoms with Gasteiger partial charge in [0.05, 0.1) is 18.7 Å². The Morgan fingerprint density at radius 3 is 2.42 bits per heavy atom. The molecule has 1 saturated heterocycles. The normalized spacial score (nSPS) is 17.8. The number of rotatable bonds is 2. The van der Waals surface area contributed by atoms with Gasteiger partial charge in [-0.1, -0.05) is 12.1 Å². The predicted octanol–water partition coefficient (Wildman–Crippen LogP) is 3.46. The SMILES string of the molecule is O=C(c1ccc(F)c(F)c1F)N1CCOC(c2ccc(F)cc2)C1. The van der Waals surface area contributed by atoms with Crippen LogP contribution in [0.1, 0.15) is 22.0 Å². The first-order valence-corrected chi connectivity index (χ1v) is 7.27. The van der Waals surface area contributed by atoms with Crippen LogP contribution in [-0.2, 0) is 4.74 Å². The van der Waals surface area contributed by atoms with Gasteiger partial charge in [-0.2, -0.15) is 0 Å². The number of ether oxygens (including phenoxy) is 1. The van der Waals surface area contributed by atoms with Gasteiger partial charge in [-0.15, -0.1) is 0 Å². The van der Waals surface area contributed by atoms with Crippen LogP contribution in [0, 0.1) is 23.3 Å². The largest absolute Gasteiger partial charge is 0.370 e. The van der Waals surface area contributed by atoms with E-state index in [1.54, 1.807) is 0 Å². The molecule has 126 valence electrons. The van der Waals surface area contributed by atoms with Crippen molar-refractivity contribution >= 4 is 5.91 Å². The predicted molar refractivity (Wildman–Crippen MR) is 77.3 cm³/mol. The van der Waals surface area contributed by atoms with Crippen molar-refractivity contribution in [2.75, 3.05) is 19.7 Å². The summed E-state index contributed by atoms with van der Waals surface area (Å²) in [6.45, 7) is 0.483. The molecule has 1 aliphatic rings. The van der Waals surface area contributed by atoms with Gasteiger partial charge in [0.1, 0.15) is 11.9 Å². The number of hydrogen-bond acceptors (Lipinski definition) is 2. The van der Waals surface area contributed by atoms with Crippen molar-refractivity contribution in [2.45, 2.75) is 6.10 Å². The van der Waals surface area contributed by atoms with E-state index in [0.717, 1.165) is 6.07 Å². The quantitative estimate of drug-likeness (QED) is 0.619. The third-order valence-corrected chi connectivity index (χ3v) is 3.86. The van der Waals surface area contributed by atoms with E-state index >= 15 is 0 Å². The van der Waals surface area contributed by atoms with E-state index in [4.69, 9.17) is 4.74 Å². The Morgan fingerprint density at radius 2 is 1.71 bits per heavy atom. The zero-order valence-electron chi connectivity index (χ0n) is 12.4. The molecule has 24 heavy (non-hydrogen) atoms. The maximum atomic E-state index is 13.8. The van der Waals surface area contributed by atoms with Crippen molar-refractivity contribution in [3.63, 3.8) is 0 Å². The van der Waals surface area contributed by atoms with Gasteiger partial charge < -0.3 is 9.64 Å². The van der Waals surface area contributed by atoms with Crippen LogP contribution in [0.25, 0.3) is 0 Å². The lowest BCUT2D eigenvalue weighted by Gasteiger charge is -2.33. The molecule has 0 spiro atoms. The van der Waals surface area contributed by atoms with Crippen LogP contribution in [0.2, 0.25) is 0 Å². The molecule has 0 radical (unpaired) electrons. The molecule has 1 atom stereocenters. The third-order valence-electron chi connectivity index (χ3n) is 3.86. The highest BCUT2D eigenvalue weighted by molar-refractivity contribution is 5.94. The second-order valence-electron chi connectivity index (χ2n) is 5.39. The van der Waals surface area contributed by atoms with Crippen LogP contribution in [0.5, 0.6) is 0 Å². The van der Waals surface area contributed by atoms with E-state index in [0.29, 0.717) is 11.6 Å². The minimum atomic E-state index is -1.68. The lowest BCUT2D eigenvalue weighted by Crippen LogP contribution is -2.42. The minimum absolute atomic E-state index is 0.100. The van der Waals surface area contributed by atoms with Crippen LogP contribution in [0.4, 0.5) is 17.6 Å². The first kappa shape index (κ1) is 16.4. The molecule has 1 fully saturated rings. The fourth-order valence-corrected chi connectivity index (χ4v) is 2.57. The Kier molecular flexibility index (Phi) is 4.53. The second kappa shape index (κ2) is 6.60. The molecule has 3 rings (SSSR count). The van der Waals surface area contributed by atoms with Crippen molar-refractivity contribution < 1.29 is 27.1 Å². The summed E-state index contributed by atoms with van der Waals surface area (Å²) < 4.78 is 58.6. The molecule has 0 saturated carbocycles. The summed E-state index contributed by atoms with van der Waals surface area (Å²) in [5, 5.41) is 0. The number of morpholine rings is 1. The summed E-state index contributed by atoms with van der Waals surface area (Å²) >= 11 is 0. The van der Waals surface area contributed by atoms with Crippen LogP contribution >= 0.6 is 0 Å². The molecular formula is C17H13F4NO2. The highest BCUT2D eigenvalue weighted by Gasteiger charge is 2.29. The molecule has 2 aromatic rings. The van der Waals surface area contributed by atoms with Crippen molar-refractivity contribution in [2.24, 2.45) is 0 Å². The summed E-state index contributed by atoms with van der Waals surface area (Å²) in [5.41, 5.74) is 0.133. The van der Waals surface area contributed by atoms with Crippen LogP contribution < -0.4 is 0 Å².